The SMILES string of the molecule is CCn1c(SCC(=O)OC)nnc1C1CC1c1ccccc1. The molecule has 1 fully saturated rings. The second-order valence-corrected chi connectivity index (χ2v) is 6.25. The Balaban J connectivity index is 1.73. The van der Waals surface area contributed by atoms with Crippen molar-refractivity contribution in [3.63, 3.8) is 0 Å². The highest BCUT2D eigenvalue weighted by molar-refractivity contribution is 7.99. The highest BCUT2D eigenvalue weighted by atomic mass is 32.2. The van der Waals surface area contributed by atoms with Crippen LogP contribution in [0, 0.1) is 0 Å². The Hall–Kier alpha value is -1.82. The number of esters is 1. The normalized spacial score (nSPS) is 19.9. The monoisotopic (exact) mass is 317 g/mol. The largest absolute Gasteiger partial charge is 0.468 e. The van der Waals surface area contributed by atoms with Crippen molar-refractivity contribution in [2.75, 3.05) is 12.9 Å². The van der Waals surface area contributed by atoms with E-state index >= 15 is 0 Å². The number of methoxy groups -OCH3 is 1. The van der Waals surface area contributed by atoms with Crippen molar-refractivity contribution < 1.29 is 9.53 Å². The van der Waals surface area contributed by atoms with E-state index < -0.39 is 0 Å². The first-order valence-electron chi connectivity index (χ1n) is 7.42. The number of carbonyl (C=O) groups is 1. The average molecular weight is 317 g/mol. The summed E-state index contributed by atoms with van der Waals surface area (Å²) >= 11 is 1.38. The quantitative estimate of drug-likeness (QED) is 0.606. The number of aromatic nitrogens is 3. The number of rotatable bonds is 6. The van der Waals surface area contributed by atoms with Gasteiger partial charge in [0.05, 0.1) is 12.9 Å². The highest BCUT2D eigenvalue weighted by Crippen LogP contribution is 2.54. The second kappa shape index (κ2) is 6.52. The number of ether oxygens (including phenoxy) is 1. The molecule has 3 rings (SSSR count). The lowest BCUT2D eigenvalue weighted by atomic mass is 10.1. The smallest absolute Gasteiger partial charge is 0.316 e. The molecule has 1 saturated carbocycles. The molecule has 1 aromatic carbocycles. The number of benzene rings is 1. The minimum Gasteiger partial charge on any atom is -0.468 e. The molecular formula is C16H19N3O2S. The van der Waals surface area contributed by atoms with Crippen molar-refractivity contribution in [1.29, 1.82) is 0 Å². The van der Waals surface area contributed by atoms with Crippen LogP contribution in [0.25, 0.3) is 0 Å². The van der Waals surface area contributed by atoms with Crippen LogP contribution in [0.4, 0.5) is 0 Å². The van der Waals surface area contributed by atoms with Crippen LogP contribution in [0.15, 0.2) is 35.5 Å². The summed E-state index contributed by atoms with van der Waals surface area (Å²) in [7, 11) is 1.40. The molecule has 0 bridgehead atoms. The Morgan fingerprint density at radius 1 is 1.32 bits per heavy atom. The third-order valence-electron chi connectivity index (χ3n) is 3.96. The van der Waals surface area contributed by atoms with Crippen molar-refractivity contribution >= 4 is 17.7 Å². The van der Waals surface area contributed by atoms with Crippen molar-refractivity contribution in [3.8, 4) is 0 Å². The zero-order chi connectivity index (χ0) is 15.5. The first kappa shape index (κ1) is 15.1. The van der Waals surface area contributed by atoms with Crippen molar-refractivity contribution in [1.82, 2.24) is 14.8 Å². The van der Waals surface area contributed by atoms with E-state index in [9.17, 15) is 4.79 Å². The van der Waals surface area contributed by atoms with Gasteiger partial charge in [0.25, 0.3) is 0 Å². The summed E-state index contributed by atoms with van der Waals surface area (Å²) in [6.07, 6.45) is 1.11. The van der Waals surface area contributed by atoms with E-state index in [4.69, 9.17) is 0 Å². The summed E-state index contributed by atoms with van der Waals surface area (Å²) in [5.41, 5.74) is 1.36. The van der Waals surface area contributed by atoms with Crippen molar-refractivity contribution in [2.24, 2.45) is 0 Å². The summed E-state index contributed by atoms with van der Waals surface area (Å²) in [5, 5.41) is 9.41. The zero-order valence-electron chi connectivity index (χ0n) is 12.7. The first-order chi connectivity index (χ1) is 10.7. The molecule has 6 heteroatoms. The van der Waals surface area contributed by atoms with Crippen LogP contribution in [0.3, 0.4) is 0 Å². The van der Waals surface area contributed by atoms with Crippen LogP contribution in [-0.2, 0) is 16.1 Å². The number of thioether (sulfide) groups is 1. The Morgan fingerprint density at radius 3 is 2.77 bits per heavy atom. The van der Waals surface area contributed by atoms with E-state index in [1.54, 1.807) is 0 Å². The summed E-state index contributed by atoms with van der Waals surface area (Å²) < 4.78 is 6.78. The van der Waals surface area contributed by atoms with Gasteiger partial charge in [-0.15, -0.1) is 10.2 Å². The maximum atomic E-state index is 11.3. The summed E-state index contributed by atoms with van der Waals surface area (Å²) in [6, 6.07) is 10.5. The highest BCUT2D eigenvalue weighted by Gasteiger charge is 2.43. The lowest BCUT2D eigenvalue weighted by molar-refractivity contribution is -0.137. The molecule has 2 unspecified atom stereocenters. The summed E-state index contributed by atoms with van der Waals surface area (Å²) in [5.74, 6) is 2.02. The van der Waals surface area contributed by atoms with Gasteiger partial charge in [0.2, 0.25) is 0 Å². The maximum Gasteiger partial charge on any atom is 0.316 e. The van der Waals surface area contributed by atoms with E-state index in [2.05, 4.69) is 50.7 Å². The molecule has 1 aliphatic rings. The van der Waals surface area contributed by atoms with E-state index in [0.717, 1.165) is 23.9 Å². The predicted octanol–water partition coefficient (Wildman–Crippen LogP) is 2.83. The van der Waals surface area contributed by atoms with Crippen LogP contribution in [0.5, 0.6) is 0 Å². The van der Waals surface area contributed by atoms with Gasteiger partial charge in [-0.1, -0.05) is 42.1 Å². The summed E-state index contributed by atoms with van der Waals surface area (Å²) in [4.78, 5) is 11.3. The topological polar surface area (TPSA) is 57.0 Å². The van der Waals surface area contributed by atoms with Gasteiger partial charge in [-0.2, -0.15) is 0 Å². The fourth-order valence-corrected chi connectivity index (χ4v) is 3.55. The Morgan fingerprint density at radius 2 is 2.09 bits per heavy atom. The van der Waals surface area contributed by atoms with Gasteiger partial charge in [-0.25, -0.2) is 0 Å². The molecule has 1 aromatic heterocycles. The fourth-order valence-electron chi connectivity index (χ4n) is 2.71. The second-order valence-electron chi connectivity index (χ2n) is 5.31. The first-order valence-corrected chi connectivity index (χ1v) is 8.40. The van der Waals surface area contributed by atoms with Crippen molar-refractivity contribution in [2.45, 2.75) is 36.9 Å². The molecule has 22 heavy (non-hydrogen) atoms. The molecule has 5 nitrogen and oxygen atoms in total. The molecule has 1 aliphatic carbocycles. The standard InChI is InChI=1S/C16H19N3O2S/c1-3-19-15(17-18-16(19)22-10-14(20)21-2)13-9-12(13)11-7-5-4-6-8-11/h4-8,12-13H,3,9-10H2,1-2H3. The Labute approximate surface area is 134 Å². The van der Waals surface area contributed by atoms with E-state index in [-0.39, 0.29) is 11.7 Å². The molecule has 0 saturated heterocycles. The number of nitrogens with zero attached hydrogens (tertiary/aromatic N) is 3. The van der Waals surface area contributed by atoms with Gasteiger partial charge in [0, 0.05) is 12.5 Å². The van der Waals surface area contributed by atoms with Gasteiger partial charge < -0.3 is 9.30 Å². The van der Waals surface area contributed by atoms with Gasteiger partial charge in [-0.3, -0.25) is 4.79 Å². The number of hydrogen-bond acceptors (Lipinski definition) is 5. The molecule has 0 radical (unpaired) electrons. The zero-order valence-corrected chi connectivity index (χ0v) is 13.5. The lowest BCUT2D eigenvalue weighted by Gasteiger charge is -2.06. The summed E-state index contributed by atoms with van der Waals surface area (Å²) in [6.45, 7) is 2.89. The van der Waals surface area contributed by atoms with Crippen molar-refractivity contribution in [3.05, 3.63) is 41.7 Å². The lowest BCUT2D eigenvalue weighted by Crippen LogP contribution is -2.06. The van der Waals surface area contributed by atoms with Crippen LogP contribution >= 0.6 is 11.8 Å². The van der Waals surface area contributed by atoms with Gasteiger partial charge in [0.15, 0.2) is 5.16 Å². The average Bonchev–Trinajstić information content (AvgIpc) is 3.26. The predicted molar refractivity (Wildman–Crippen MR) is 85.0 cm³/mol. The molecular weight excluding hydrogens is 298 g/mol. The van der Waals surface area contributed by atoms with E-state index in [1.807, 2.05) is 6.07 Å². The Bertz CT molecular complexity index is 657. The molecule has 0 spiro atoms. The van der Waals surface area contributed by atoms with Gasteiger partial charge in [-0.05, 0) is 24.8 Å². The third kappa shape index (κ3) is 3.02. The minimum atomic E-state index is -0.245. The van der Waals surface area contributed by atoms with Crippen LogP contribution < -0.4 is 0 Å². The van der Waals surface area contributed by atoms with Gasteiger partial charge >= 0.3 is 5.97 Å². The number of carbonyl (C=O) groups excluding carboxylic acids is 1. The minimum absolute atomic E-state index is 0.245. The van der Waals surface area contributed by atoms with E-state index in [1.165, 1.54) is 24.4 Å². The van der Waals surface area contributed by atoms with E-state index in [0.29, 0.717) is 11.8 Å². The Kier molecular flexibility index (Phi) is 4.47. The molecule has 116 valence electrons. The van der Waals surface area contributed by atoms with Crippen LogP contribution in [0.1, 0.15) is 36.6 Å². The molecule has 0 amide bonds. The van der Waals surface area contributed by atoms with Gasteiger partial charge in [0.1, 0.15) is 5.82 Å². The van der Waals surface area contributed by atoms with Crippen LogP contribution in [-0.4, -0.2) is 33.6 Å². The van der Waals surface area contributed by atoms with Crippen LogP contribution in [0.2, 0.25) is 0 Å². The number of hydrogen-bond donors (Lipinski definition) is 0. The molecule has 2 atom stereocenters. The maximum absolute atomic E-state index is 11.3. The fraction of sp³-hybridized carbons (Fsp3) is 0.438. The molecule has 1 heterocycles. The molecule has 0 aliphatic heterocycles. The third-order valence-corrected chi connectivity index (χ3v) is 4.90. The molecule has 0 N–H and O–H groups in total. The molecule has 2 aromatic rings.